The van der Waals surface area contributed by atoms with Crippen LogP contribution in [-0.4, -0.2) is 19.4 Å². The molecule has 0 aromatic heterocycles. The first-order valence-corrected chi connectivity index (χ1v) is 3.44. The maximum absolute atomic E-state index is 12.8. The van der Waals surface area contributed by atoms with Crippen molar-refractivity contribution in [3.8, 4) is 0 Å². The highest BCUT2D eigenvalue weighted by Gasteiger charge is 2.00. The Hall–Kier alpha value is -0.700. The Bertz CT molecular complexity index is 214. The van der Waals surface area contributed by atoms with Gasteiger partial charge in [0.2, 0.25) is 5.97 Å². The van der Waals surface area contributed by atoms with Crippen LogP contribution in [0.5, 0.6) is 0 Å². The molecule has 0 aliphatic heterocycles. The summed E-state index contributed by atoms with van der Waals surface area (Å²) < 4.78 is 12.8. The number of rotatable bonds is 2. The average molecular weight is 177 g/mol. The van der Waals surface area contributed by atoms with Crippen molar-refractivity contribution in [2.24, 2.45) is 9.98 Å². The molecule has 0 amide bonds. The van der Waals surface area contributed by atoms with Gasteiger partial charge in [0, 0.05) is 17.7 Å². The van der Waals surface area contributed by atoms with E-state index >= 15 is 0 Å². The molecule has 0 aromatic carbocycles. The lowest BCUT2D eigenvalue weighted by atomic mass is 10.3. The summed E-state index contributed by atoms with van der Waals surface area (Å²) in [5.74, 6) is -0.594. The first-order chi connectivity index (χ1) is 5.09. The summed E-state index contributed by atoms with van der Waals surface area (Å²) in [4.78, 5) is 6.88. The lowest BCUT2D eigenvalue weighted by Gasteiger charge is -1.94. The molecule has 0 atom stereocenters. The summed E-state index contributed by atoms with van der Waals surface area (Å²) >= 11 is 5.52. The first kappa shape index (κ1) is 10.3. The van der Waals surface area contributed by atoms with Gasteiger partial charge in [0.05, 0.1) is 0 Å². The van der Waals surface area contributed by atoms with Crippen LogP contribution in [0.15, 0.2) is 20.6 Å². The summed E-state index contributed by atoms with van der Waals surface area (Å²) in [6.07, 6.45) is 1.14. The number of aliphatic imine (C=N–C) groups is 2. The maximum Gasteiger partial charge on any atom is 0.218 e. The molecular weight excluding hydrogens is 167 g/mol. The van der Waals surface area contributed by atoms with Gasteiger partial charge < -0.3 is 0 Å². The van der Waals surface area contributed by atoms with Gasteiger partial charge in [-0.2, -0.15) is 4.39 Å². The molecule has 11 heavy (non-hydrogen) atoms. The van der Waals surface area contributed by atoms with Crippen molar-refractivity contribution in [3.05, 3.63) is 10.6 Å². The van der Waals surface area contributed by atoms with Gasteiger partial charge in [0.25, 0.3) is 0 Å². The molecule has 0 aliphatic rings. The molecule has 4 heteroatoms. The van der Waals surface area contributed by atoms with E-state index in [1.54, 1.807) is 13.8 Å². The Morgan fingerprint density at radius 3 is 2.36 bits per heavy atom. The second-order valence-electron chi connectivity index (χ2n) is 1.95. The van der Waals surface area contributed by atoms with Crippen molar-refractivity contribution in [1.82, 2.24) is 0 Å². The predicted molar refractivity (Wildman–Crippen MR) is 47.2 cm³/mol. The van der Waals surface area contributed by atoms with E-state index in [1.807, 2.05) is 0 Å². The Balaban J connectivity index is 4.49. The lowest BCUT2D eigenvalue weighted by Crippen LogP contribution is -1.92. The predicted octanol–water partition coefficient (Wildman–Crippen LogP) is 2.55. The Morgan fingerprint density at radius 1 is 1.45 bits per heavy atom. The molecule has 0 saturated carbocycles. The third-order valence-corrected chi connectivity index (χ3v) is 1.40. The van der Waals surface area contributed by atoms with Crippen molar-refractivity contribution in [2.45, 2.75) is 13.8 Å². The van der Waals surface area contributed by atoms with E-state index in [0.717, 1.165) is 6.34 Å². The zero-order chi connectivity index (χ0) is 8.85. The van der Waals surface area contributed by atoms with Gasteiger partial charge in [0.1, 0.15) is 6.34 Å². The van der Waals surface area contributed by atoms with Crippen LogP contribution in [0.1, 0.15) is 13.8 Å². The van der Waals surface area contributed by atoms with Crippen molar-refractivity contribution >= 4 is 23.9 Å². The van der Waals surface area contributed by atoms with E-state index in [2.05, 4.69) is 9.98 Å². The van der Waals surface area contributed by atoms with Gasteiger partial charge in [-0.25, -0.2) is 4.99 Å². The second kappa shape index (κ2) is 5.02. The Labute approximate surface area is 70.5 Å². The number of nitrogens with zero attached hydrogens (tertiary/aromatic N) is 2. The van der Waals surface area contributed by atoms with Gasteiger partial charge in [0.15, 0.2) is 0 Å². The molecule has 62 valence electrons. The van der Waals surface area contributed by atoms with Gasteiger partial charge in [-0.15, -0.1) is 0 Å². The van der Waals surface area contributed by atoms with Crippen molar-refractivity contribution < 1.29 is 4.39 Å². The fraction of sp³-hybridized carbons (Fsp3) is 0.429. The summed E-state index contributed by atoms with van der Waals surface area (Å²) in [6, 6.07) is 0. The highest BCUT2D eigenvalue weighted by molar-refractivity contribution is 6.31. The number of allylic oxidation sites excluding steroid dienone is 2. The van der Waals surface area contributed by atoms with Gasteiger partial charge in [-0.3, -0.25) is 4.99 Å². The van der Waals surface area contributed by atoms with Crippen LogP contribution >= 0.6 is 11.6 Å². The summed E-state index contributed by atoms with van der Waals surface area (Å²) in [7, 11) is 1.52. The van der Waals surface area contributed by atoms with Gasteiger partial charge >= 0.3 is 0 Å². The molecule has 2 nitrogen and oxygen atoms in total. The standard InChI is InChI=1S/C7H10ClFN2/c1-5(6(2)8)7(9)11-4-10-3/h4H,1-3H3/b6-5+,10-4?,11-7?. The molecule has 0 aliphatic carbocycles. The van der Waals surface area contributed by atoms with Crippen LogP contribution in [0.4, 0.5) is 4.39 Å². The number of hydrogen-bond acceptors (Lipinski definition) is 1. The largest absolute Gasteiger partial charge is 0.277 e. The third-order valence-electron chi connectivity index (χ3n) is 1.11. The van der Waals surface area contributed by atoms with Crippen molar-refractivity contribution in [3.63, 3.8) is 0 Å². The van der Waals surface area contributed by atoms with Crippen LogP contribution in [0.3, 0.4) is 0 Å². The molecule has 0 bridgehead atoms. The van der Waals surface area contributed by atoms with Crippen LogP contribution in [0.25, 0.3) is 0 Å². The fourth-order valence-corrected chi connectivity index (χ4v) is 0.425. The second-order valence-corrected chi connectivity index (χ2v) is 2.52. The first-order valence-electron chi connectivity index (χ1n) is 3.07. The molecule has 0 aromatic rings. The zero-order valence-corrected chi connectivity index (χ0v) is 7.48. The SMILES string of the molecule is CN=CN=C(F)/C(C)=C(\C)Cl. The summed E-state index contributed by atoms with van der Waals surface area (Å²) in [5.41, 5.74) is 0.339. The van der Waals surface area contributed by atoms with Crippen LogP contribution < -0.4 is 0 Å². The lowest BCUT2D eigenvalue weighted by molar-refractivity contribution is 0.805. The minimum Gasteiger partial charge on any atom is -0.277 e. The monoisotopic (exact) mass is 176 g/mol. The van der Waals surface area contributed by atoms with Gasteiger partial charge in [-0.1, -0.05) is 11.6 Å². The topological polar surface area (TPSA) is 24.7 Å². The van der Waals surface area contributed by atoms with E-state index in [0.29, 0.717) is 10.6 Å². The molecular formula is C7H10ClFN2. The van der Waals surface area contributed by atoms with Crippen LogP contribution in [-0.2, 0) is 0 Å². The molecule has 0 rings (SSSR count). The highest BCUT2D eigenvalue weighted by Crippen LogP contribution is 2.09. The Kier molecular flexibility index (Phi) is 4.70. The number of hydrogen-bond donors (Lipinski definition) is 0. The molecule has 0 radical (unpaired) electrons. The molecule has 0 heterocycles. The van der Waals surface area contributed by atoms with Crippen LogP contribution in [0.2, 0.25) is 0 Å². The zero-order valence-electron chi connectivity index (χ0n) is 6.73. The minimum atomic E-state index is -0.594. The van der Waals surface area contributed by atoms with Crippen molar-refractivity contribution in [2.75, 3.05) is 7.05 Å². The normalized spacial score (nSPS) is 15.5. The maximum atomic E-state index is 12.8. The van der Waals surface area contributed by atoms with Gasteiger partial charge in [-0.05, 0) is 13.8 Å². The van der Waals surface area contributed by atoms with E-state index in [9.17, 15) is 4.39 Å². The fourth-order valence-electron chi connectivity index (χ4n) is 0.347. The van der Waals surface area contributed by atoms with E-state index in [-0.39, 0.29) is 0 Å². The van der Waals surface area contributed by atoms with E-state index in [4.69, 9.17) is 11.6 Å². The molecule has 0 saturated heterocycles. The highest BCUT2D eigenvalue weighted by atomic mass is 35.5. The summed E-state index contributed by atoms with van der Waals surface area (Å²) in [6.45, 7) is 3.17. The minimum absolute atomic E-state index is 0.339. The molecule has 0 N–H and O–H groups in total. The molecule has 0 fully saturated rings. The van der Waals surface area contributed by atoms with E-state index < -0.39 is 5.97 Å². The van der Waals surface area contributed by atoms with Crippen molar-refractivity contribution in [1.29, 1.82) is 0 Å². The number of halogens is 2. The summed E-state index contributed by atoms with van der Waals surface area (Å²) in [5, 5.41) is 0.399. The average Bonchev–Trinajstić information content (AvgIpc) is 1.98. The quantitative estimate of drug-likeness (QED) is 0.456. The Morgan fingerprint density at radius 2 is 2.00 bits per heavy atom. The molecule has 0 spiro atoms. The van der Waals surface area contributed by atoms with Crippen LogP contribution in [0, 0.1) is 0 Å². The van der Waals surface area contributed by atoms with E-state index in [1.165, 1.54) is 7.05 Å². The third kappa shape index (κ3) is 3.88. The smallest absolute Gasteiger partial charge is 0.218 e. The molecule has 0 unspecified atom stereocenters.